The van der Waals surface area contributed by atoms with E-state index in [0.717, 1.165) is 11.3 Å². The van der Waals surface area contributed by atoms with E-state index < -0.39 is 0 Å². The topological polar surface area (TPSA) is 47.6 Å². The molecule has 0 aliphatic rings. The van der Waals surface area contributed by atoms with E-state index in [9.17, 15) is 4.79 Å². The molecular weight excluding hydrogens is 278 g/mol. The van der Waals surface area contributed by atoms with Gasteiger partial charge in [-0.05, 0) is 29.8 Å². The Morgan fingerprint density at radius 3 is 2.27 bits per heavy atom. The molecule has 4 nitrogen and oxygen atoms in total. The summed E-state index contributed by atoms with van der Waals surface area (Å²) in [5.41, 5.74) is 1.11. The summed E-state index contributed by atoms with van der Waals surface area (Å²) >= 11 is 0. The van der Waals surface area contributed by atoms with Gasteiger partial charge in [0.25, 0.3) is 5.91 Å². The van der Waals surface area contributed by atoms with E-state index in [-0.39, 0.29) is 12.5 Å². The van der Waals surface area contributed by atoms with Crippen molar-refractivity contribution >= 4 is 5.91 Å². The Labute approximate surface area is 130 Å². The minimum atomic E-state index is -0.177. The van der Waals surface area contributed by atoms with Gasteiger partial charge in [-0.15, -0.1) is 6.58 Å². The molecular formula is C18H19NO3. The van der Waals surface area contributed by atoms with Crippen molar-refractivity contribution < 1.29 is 14.3 Å². The number of hydrogen-bond donors (Lipinski definition) is 1. The molecule has 2 aromatic rings. The maximum Gasteiger partial charge on any atom is 0.258 e. The maximum atomic E-state index is 11.4. The summed E-state index contributed by atoms with van der Waals surface area (Å²) in [7, 11) is 0. The van der Waals surface area contributed by atoms with Gasteiger partial charge in [-0.25, -0.2) is 0 Å². The Kier molecular flexibility index (Phi) is 6.05. The maximum absolute atomic E-state index is 11.4. The molecule has 22 heavy (non-hydrogen) atoms. The Balaban J connectivity index is 1.77. The summed E-state index contributed by atoms with van der Waals surface area (Å²) in [6, 6.07) is 17.2. The second-order valence-corrected chi connectivity index (χ2v) is 4.63. The fourth-order valence-electron chi connectivity index (χ4n) is 1.76. The second-order valence-electron chi connectivity index (χ2n) is 4.63. The number of nitrogens with one attached hydrogen (secondary N) is 1. The first-order valence-corrected chi connectivity index (χ1v) is 7.05. The second kappa shape index (κ2) is 8.52. The standard InChI is InChI=1S/C18H19NO3/c1-2-12-19-18(20)14-22-17-10-8-16(9-11-17)21-13-15-6-4-3-5-7-15/h2-11H,1,12-14H2,(H,19,20). The van der Waals surface area contributed by atoms with Crippen LogP contribution in [-0.4, -0.2) is 19.1 Å². The van der Waals surface area contributed by atoms with Crippen LogP contribution >= 0.6 is 0 Å². The normalized spacial score (nSPS) is 9.82. The predicted octanol–water partition coefficient (Wildman–Crippen LogP) is 2.95. The van der Waals surface area contributed by atoms with Gasteiger partial charge in [-0.1, -0.05) is 36.4 Å². The van der Waals surface area contributed by atoms with Crippen LogP contribution in [-0.2, 0) is 11.4 Å². The Morgan fingerprint density at radius 2 is 1.64 bits per heavy atom. The summed E-state index contributed by atoms with van der Waals surface area (Å²) in [6.45, 7) is 4.47. The van der Waals surface area contributed by atoms with Crippen molar-refractivity contribution in [2.75, 3.05) is 13.2 Å². The summed E-state index contributed by atoms with van der Waals surface area (Å²) in [4.78, 5) is 11.4. The molecule has 0 bridgehead atoms. The lowest BCUT2D eigenvalue weighted by molar-refractivity contribution is -0.122. The van der Waals surface area contributed by atoms with Crippen molar-refractivity contribution in [1.29, 1.82) is 0 Å². The van der Waals surface area contributed by atoms with E-state index >= 15 is 0 Å². The summed E-state index contributed by atoms with van der Waals surface area (Å²) in [5.74, 6) is 1.21. The van der Waals surface area contributed by atoms with Crippen molar-refractivity contribution in [2.24, 2.45) is 0 Å². The molecule has 0 unspecified atom stereocenters. The smallest absolute Gasteiger partial charge is 0.258 e. The Morgan fingerprint density at radius 1 is 1.00 bits per heavy atom. The summed E-state index contributed by atoms with van der Waals surface area (Å²) < 4.78 is 11.1. The highest BCUT2D eigenvalue weighted by molar-refractivity contribution is 5.77. The molecule has 0 aliphatic heterocycles. The quantitative estimate of drug-likeness (QED) is 0.762. The molecule has 2 aromatic carbocycles. The molecule has 0 saturated carbocycles. The van der Waals surface area contributed by atoms with Crippen molar-refractivity contribution in [2.45, 2.75) is 6.61 Å². The highest BCUT2D eigenvalue weighted by Gasteiger charge is 2.02. The zero-order chi connectivity index (χ0) is 15.6. The molecule has 4 heteroatoms. The summed E-state index contributed by atoms with van der Waals surface area (Å²) in [5, 5.41) is 2.65. The van der Waals surface area contributed by atoms with Gasteiger partial charge in [0.1, 0.15) is 18.1 Å². The molecule has 1 N–H and O–H groups in total. The zero-order valence-electron chi connectivity index (χ0n) is 12.3. The molecule has 0 aliphatic carbocycles. The molecule has 0 heterocycles. The molecule has 0 spiro atoms. The average molecular weight is 297 g/mol. The van der Waals surface area contributed by atoms with Crippen LogP contribution in [0, 0.1) is 0 Å². The zero-order valence-corrected chi connectivity index (χ0v) is 12.3. The van der Waals surface area contributed by atoms with Crippen LogP contribution in [0.15, 0.2) is 67.3 Å². The van der Waals surface area contributed by atoms with E-state index in [0.29, 0.717) is 18.9 Å². The first-order chi connectivity index (χ1) is 10.8. The number of hydrogen-bond acceptors (Lipinski definition) is 3. The highest BCUT2D eigenvalue weighted by Crippen LogP contribution is 2.18. The van der Waals surface area contributed by atoms with E-state index in [1.807, 2.05) is 42.5 Å². The minimum Gasteiger partial charge on any atom is -0.489 e. The van der Waals surface area contributed by atoms with Gasteiger partial charge < -0.3 is 14.8 Å². The Bertz CT molecular complexity index is 593. The fourth-order valence-corrected chi connectivity index (χ4v) is 1.76. The summed E-state index contributed by atoms with van der Waals surface area (Å²) in [6.07, 6.45) is 1.62. The Hall–Kier alpha value is -2.75. The molecule has 0 saturated heterocycles. The van der Waals surface area contributed by atoms with Gasteiger partial charge in [0.15, 0.2) is 6.61 Å². The molecule has 0 fully saturated rings. The number of carbonyl (C=O) groups is 1. The first-order valence-electron chi connectivity index (χ1n) is 7.05. The van der Waals surface area contributed by atoms with Crippen molar-refractivity contribution in [1.82, 2.24) is 5.32 Å². The van der Waals surface area contributed by atoms with Crippen molar-refractivity contribution in [3.8, 4) is 11.5 Å². The minimum absolute atomic E-state index is 0.0158. The van der Waals surface area contributed by atoms with Crippen LogP contribution in [0.2, 0.25) is 0 Å². The lowest BCUT2D eigenvalue weighted by Crippen LogP contribution is -2.28. The van der Waals surface area contributed by atoms with Crippen LogP contribution in [0.1, 0.15) is 5.56 Å². The number of carbonyl (C=O) groups excluding carboxylic acids is 1. The lowest BCUT2D eigenvalue weighted by Gasteiger charge is -2.09. The average Bonchev–Trinajstić information content (AvgIpc) is 2.58. The lowest BCUT2D eigenvalue weighted by atomic mass is 10.2. The number of amides is 1. The van der Waals surface area contributed by atoms with Gasteiger partial charge >= 0.3 is 0 Å². The third kappa shape index (κ3) is 5.32. The third-order valence-electron chi connectivity index (χ3n) is 2.89. The first kappa shape index (κ1) is 15.6. The number of benzene rings is 2. The fraction of sp³-hybridized carbons (Fsp3) is 0.167. The van der Waals surface area contributed by atoms with Gasteiger partial charge in [-0.2, -0.15) is 0 Å². The van der Waals surface area contributed by atoms with E-state index in [4.69, 9.17) is 9.47 Å². The highest BCUT2D eigenvalue weighted by atomic mass is 16.5. The van der Waals surface area contributed by atoms with Crippen molar-refractivity contribution in [3.63, 3.8) is 0 Å². The molecule has 114 valence electrons. The van der Waals surface area contributed by atoms with E-state index in [1.54, 1.807) is 18.2 Å². The van der Waals surface area contributed by atoms with E-state index in [2.05, 4.69) is 11.9 Å². The molecule has 0 atom stereocenters. The molecule has 2 rings (SSSR count). The monoisotopic (exact) mass is 297 g/mol. The largest absolute Gasteiger partial charge is 0.489 e. The van der Waals surface area contributed by atoms with Gasteiger partial charge in [0, 0.05) is 6.54 Å². The van der Waals surface area contributed by atoms with Crippen LogP contribution < -0.4 is 14.8 Å². The molecule has 1 amide bonds. The van der Waals surface area contributed by atoms with Gasteiger partial charge in [0.05, 0.1) is 0 Å². The third-order valence-corrected chi connectivity index (χ3v) is 2.89. The van der Waals surface area contributed by atoms with Crippen LogP contribution in [0.3, 0.4) is 0 Å². The van der Waals surface area contributed by atoms with Crippen LogP contribution in [0.5, 0.6) is 11.5 Å². The van der Waals surface area contributed by atoms with Gasteiger partial charge in [-0.3, -0.25) is 4.79 Å². The number of ether oxygens (including phenoxy) is 2. The van der Waals surface area contributed by atoms with Crippen LogP contribution in [0.25, 0.3) is 0 Å². The van der Waals surface area contributed by atoms with Gasteiger partial charge in [0.2, 0.25) is 0 Å². The van der Waals surface area contributed by atoms with E-state index in [1.165, 1.54) is 0 Å². The number of rotatable bonds is 8. The van der Waals surface area contributed by atoms with Crippen molar-refractivity contribution in [3.05, 3.63) is 72.8 Å². The molecule has 0 aromatic heterocycles. The SMILES string of the molecule is C=CCNC(=O)COc1ccc(OCc2ccccc2)cc1. The predicted molar refractivity (Wildman–Crippen MR) is 85.9 cm³/mol. The molecule has 0 radical (unpaired) electrons. The van der Waals surface area contributed by atoms with Crippen LogP contribution in [0.4, 0.5) is 0 Å².